The molecule has 1 aromatic heterocycles. The number of fused-ring (bicyclic) bond motifs is 1. The lowest BCUT2D eigenvalue weighted by Gasteiger charge is -2.03. The monoisotopic (exact) mass is 357 g/mol. The second-order valence-corrected chi connectivity index (χ2v) is 5.14. The van der Waals surface area contributed by atoms with Crippen molar-refractivity contribution in [3.05, 3.63) is 71.9 Å². The summed E-state index contributed by atoms with van der Waals surface area (Å²) in [5, 5.41) is 11.0. The first-order chi connectivity index (χ1) is 10.1. The van der Waals surface area contributed by atoms with Gasteiger partial charge in [-0.25, -0.2) is 0 Å². The molecule has 0 aliphatic rings. The second-order valence-electron chi connectivity index (χ2n) is 5.14. The zero-order valence-electron chi connectivity index (χ0n) is 12.2. The molecular weight excluding hydrogens is 342 g/mol. The van der Waals surface area contributed by atoms with Gasteiger partial charge in [-0.15, -0.1) is 0 Å². The number of hydrogen-bond acceptors (Lipinski definition) is 2. The molecule has 3 aromatic rings. The highest BCUT2D eigenvalue weighted by Crippen LogP contribution is 2.20. The van der Waals surface area contributed by atoms with Gasteiger partial charge in [-0.2, -0.15) is 4.57 Å². The smallest absolute Gasteiger partial charge is 0.255 e. The van der Waals surface area contributed by atoms with E-state index in [4.69, 9.17) is 0 Å². The third-order valence-corrected chi connectivity index (χ3v) is 3.56. The summed E-state index contributed by atoms with van der Waals surface area (Å²) in [5.41, 5.74) is 2.49. The van der Waals surface area contributed by atoms with Gasteiger partial charge in [0.05, 0.1) is 5.39 Å². The minimum atomic E-state index is 0. The highest BCUT2D eigenvalue weighted by molar-refractivity contribution is 5.95. The number of carbonyl (C=O) groups excluding carboxylic acids is 1. The Morgan fingerprint density at radius 1 is 1.05 bits per heavy atom. The maximum Gasteiger partial charge on any atom is 0.255 e. The third kappa shape index (κ3) is 3.17. The minimum Gasteiger partial charge on any atom is -1.00 e. The first-order valence-corrected chi connectivity index (χ1v) is 6.85. The Hall–Kier alpha value is -2.20. The number of aromatic hydroxyl groups is 1. The van der Waals surface area contributed by atoms with Gasteiger partial charge in [0.2, 0.25) is 12.3 Å². The molecule has 1 N–H and O–H groups in total. The van der Waals surface area contributed by atoms with Crippen LogP contribution in [0.4, 0.5) is 0 Å². The van der Waals surface area contributed by atoms with Gasteiger partial charge < -0.3 is 22.1 Å². The number of halogens is 1. The lowest BCUT2D eigenvalue weighted by Crippen LogP contribution is -3.00. The molecule has 3 rings (SSSR count). The molecule has 0 radical (unpaired) electrons. The van der Waals surface area contributed by atoms with Crippen LogP contribution in [-0.2, 0) is 6.54 Å². The molecule has 0 aliphatic heterocycles. The number of phenols is 1. The van der Waals surface area contributed by atoms with Crippen molar-refractivity contribution in [2.45, 2.75) is 13.5 Å². The molecule has 0 aliphatic carbocycles. The maximum absolute atomic E-state index is 12.4. The molecule has 0 unspecified atom stereocenters. The summed E-state index contributed by atoms with van der Waals surface area (Å²) in [7, 11) is 0. The highest BCUT2D eigenvalue weighted by atomic mass is 79.9. The number of para-hydroxylation sites is 1. The number of rotatable bonds is 3. The lowest BCUT2D eigenvalue weighted by molar-refractivity contribution is -0.657. The predicted octanol–water partition coefficient (Wildman–Crippen LogP) is 0.0282. The van der Waals surface area contributed by atoms with Gasteiger partial charge in [-0.05, 0) is 25.1 Å². The lowest BCUT2D eigenvalue weighted by atomic mass is 10.1. The van der Waals surface area contributed by atoms with E-state index in [-0.39, 0.29) is 35.1 Å². The number of aryl methyl sites for hydroxylation is 1. The Morgan fingerprint density at radius 2 is 1.73 bits per heavy atom. The minimum absolute atomic E-state index is 0. The van der Waals surface area contributed by atoms with Crippen LogP contribution in [0.5, 0.6) is 5.75 Å². The fourth-order valence-electron chi connectivity index (χ4n) is 2.44. The number of carbonyl (C=O) groups is 1. The van der Waals surface area contributed by atoms with Crippen LogP contribution in [0.3, 0.4) is 0 Å². The van der Waals surface area contributed by atoms with Crippen molar-refractivity contribution in [1.29, 1.82) is 0 Å². The van der Waals surface area contributed by atoms with Crippen LogP contribution in [0.15, 0.2) is 60.8 Å². The highest BCUT2D eigenvalue weighted by Gasteiger charge is 2.17. The molecule has 0 fully saturated rings. The molecule has 2 aromatic carbocycles. The predicted molar refractivity (Wildman–Crippen MR) is 81.3 cm³/mol. The molecule has 0 spiro atoms. The van der Waals surface area contributed by atoms with E-state index in [1.165, 1.54) is 0 Å². The van der Waals surface area contributed by atoms with Crippen molar-refractivity contribution >= 4 is 16.7 Å². The molecule has 3 nitrogen and oxygen atoms in total. The Labute approximate surface area is 139 Å². The number of hydrogen-bond donors (Lipinski definition) is 1. The Morgan fingerprint density at radius 3 is 2.45 bits per heavy atom. The van der Waals surface area contributed by atoms with Crippen molar-refractivity contribution in [3.63, 3.8) is 0 Å². The van der Waals surface area contributed by atoms with Crippen LogP contribution >= 0.6 is 0 Å². The number of ketones is 1. The van der Waals surface area contributed by atoms with Crippen molar-refractivity contribution < 1.29 is 31.4 Å². The Balaban J connectivity index is 0.00000176. The van der Waals surface area contributed by atoms with E-state index in [1.54, 1.807) is 16.7 Å². The van der Waals surface area contributed by atoms with E-state index >= 15 is 0 Å². The van der Waals surface area contributed by atoms with E-state index in [1.807, 2.05) is 55.6 Å². The van der Waals surface area contributed by atoms with E-state index in [0.29, 0.717) is 11.1 Å². The number of aromatic nitrogens is 1. The second kappa shape index (κ2) is 6.71. The molecule has 0 atom stereocenters. The quantitative estimate of drug-likeness (QED) is 0.530. The fourth-order valence-corrected chi connectivity index (χ4v) is 2.44. The van der Waals surface area contributed by atoms with Crippen molar-refractivity contribution in [2.75, 3.05) is 0 Å². The van der Waals surface area contributed by atoms with Gasteiger partial charge in [0, 0.05) is 11.6 Å². The molecule has 0 saturated carbocycles. The zero-order valence-corrected chi connectivity index (χ0v) is 13.7. The van der Waals surface area contributed by atoms with Crippen LogP contribution in [0.2, 0.25) is 0 Å². The first kappa shape index (κ1) is 16.2. The van der Waals surface area contributed by atoms with E-state index < -0.39 is 0 Å². The Kier molecular flexibility index (Phi) is 4.93. The zero-order chi connectivity index (χ0) is 14.8. The molecule has 1 heterocycles. The summed E-state index contributed by atoms with van der Waals surface area (Å²) < 4.78 is 1.78. The summed E-state index contributed by atoms with van der Waals surface area (Å²) in [4.78, 5) is 12.4. The van der Waals surface area contributed by atoms with Crippen LogP contribution < -0.4 is 21.5 Å². The number of benzene rings is 2. The largest absolute Gasteiger partial charge is 1.00 e. The van der Waals surface area contributed by atoms with E-state index in [0.717, 1.165) is 10.9 Å². The molecule has 0 saturated heterocycles. The normalized spacial score (nSPS) is 10.2. The summed E-state index contributed by atoms with van der Waals surface area (Å²) >= 11 is 0. The van der Waals surface area contributed by atoms with Gasteiger partial charge in [-0.3, -0.25) is 4.79 Å². The van der Waals surface area contributed by atoms with Gasteiger partial charge >= 0.3 is 0 Å². The van der Waals surface area contributed by atoms with Gasteiger partial charge in [-0.1, -0.05) is 35.9 Å². The van der Waals surface area contributed by atoms with Crippen LogP contribution in [0.25, 0.3) is 10.9 Å². The van der Waals surface area contributed by atoms with Gasteiger partial charge in [0.25, 0.3) is 5.52 Å². The average Bonchev–Trinajstić information content (AvgIpc) is 2.48. The van der Waals surface area contributed by atoms with Crippen LogP contribution in [0, 0.1) is 6.92 Å². The molecule has 4 heteroatoms. The van der Waals surface area contributed by atoms with E-state index in [2.05, 4.69) is 0 Å². The van der Waals surface area contributed by atoms with Crippen LogP contribution in [-0.4, -0.2) is 10.9 Å². The standard InChI is InChI=1S/C18H15NO2.BrH/c1-13-7-9-14(10-8-13)17(21)12-19-11-3-5-15-4-2-6-16(20)18(15)19;/h2-11H,12H2,1H3;1H. The van der Waals surface area contributed by atoms with E-state index in [9.17, 15) is 9.90 Å². The fraction of sp³-hybridized carbons (Fsp3) is 0.111. The van der Waals surface area contributed by atoms with Gasteiger partial charge in [0.1, 0.15) is 0 Å². The summed E-state index contributed by atoms with van der Waals surface area (Å²) in [6, 6.07) is 16.7. The molecule has 0 amide bonds. The van der Waals surface area contributed by atoms with Crippen molar-refractivity contribution in [2.24, 2.45) is 0 Å². The first-order valence-electron chi connectivity index (χ1n) is 6.85. The molecular formula is C18H16BrNO2. The number of nitrogens with zero attached hydrogens (tertiary/aromatic N) is 1. The summed E-state index contributed by atoms with van der Waals surface area (Å²) in [6.07, 6.45) is 1.81. The van der Waals surface area contributed by atoms with Gasteiger partial charge in [0.15, 0.2) is 11.9 Å². The topological polar surface area (TPSA) is 41.2 Å². The number of pyridine rings is 1. The summed E-state index contributed by atoms with van der Waals surface area (Å²) in [6.45, 7) is 2.20. The Bertz CT molecular complexity index is 808. The molecule has 0 bridgehead atoms. The molecule has 22 heavy (non-hydrogen) atoms. The molecule has 112 valence electrons. The van der Waals surface area contributed by atoms with Crippen molar-refractivity contribution in [3.8, 4) is 5.75 Å². The average molecular weight is 358 g/mol. The third-order valence-electron chi connectivity index (χ3n) is 3.56. The SMILES string of the molecule is Cc1ccc(C(=O)C[n+]2cccc3cccc(O)c32)cc1.[Br-]. The number of Topliss-reactive ketones (excluding diaryl/α,β-unsaturated/α-hetero) is 1. The summed E-state index contributed by atoms with van der Waals surface area (Å²) in [5.74, 6) is 0.209. The van der Waals surface area contributed by atoms with Crippen LogP contribution in [0.1, 0.15) is 15.9 Å². The number of phenolic OH excluding ortho intramolecular Hbond substituents is 1. The maximum atomic E-state index is 12.4. The van der Waals surface area contributed by atoms with Crippen molar-refractivity contribution in [1.82, 2.24) is 0 Å².